The number of carbonyl (C=O) groups is 2. The van der Waals surface area contributed by atoms with Gasteiger partial charge in [0, 0.05) is 12.7 Å². The maximum atomic E-state index is 12.1. The number of methoxy groups -OCH3 is 2. The van der Waals surface area contributed by atoms with Crippen molar-refractivity contribution in [2.75, 3.05) is 21.3 Å². The Kier molecular flexibility index (Phi) is 4.75. The van der Waals surface area contributed by atoms with Crippen LogP contribution >= 0.6 is 15.9 Å². The molecule has 1 aliphatic rings. The largest absolute Gasteiger partial charge is 0.496 e. The molecule has 0 aliphatic carbocycles. The van der Waals surface area contributed by atoms with Gasteiger partial charge >= 0.3 is 12.0 Å². The number of rotatable bonds is 3. The number of nitrogens with one attached hydrogen (secondary N) is 1. The van der Waals surface area contributed by atoms with Gasteiger partial charge in [0.05, 0.1) is 30.3 Å². The van der Waals surface area contributed by atoms with E-state index in [1.807, 2.05) is 6.07 Å². The van der Waals surface area contributed by atoms with Crippen molar-refractivity contribution in [3.8, 4) is 5.75 Å². The van der Waals surface area contributed by atoms with Gasteiger partial charge < -0.3 is 19.7 Å². The zero-order chi connectivity index (χ0) is 16.4. The fraction of sp³-hybridized carbons (Fsp3) is 0.333. The summed E-state index contributed by atoms with van der Waals surface area (Å²) in [5, 5.41) is 2.81. The lowest BCUT2D eigenvalue weighted by Gasteiger charge is -2.33. The van der Waals surface area contributed by atoms with Crippen LogP contribution in [0.25, 0.3) is 0 Å². The second-order valence-electron chi connectivity index (χ2n) is 4.83. The Morgan fingerprint density at radius 2 is 2.05 bits per heavy atom. The molecule has 0 spiro atoms. The van der Waals surface area contributed by atoms with Crippen LogP contribution in [0.4, 0.5) is 4.79 Å². The molecule has 0 saturated heterocycles. The molecule has 1 aliphatic heterocycles. The van der Waals surface area contributed by atoms with Gasteiger partial charge in [-0.3, -0.25) is 0 Å². The Balaban J connectivity index is 2.54. The molecule has 0 unspecified atom stereocenters. The van der Waals surface area contributed by atoms with Crippen molar-refractivity contribution >= 4 is 27.9 Å². The van der Waals surface area contributed by atoms with Crippen LogP contribution in [-0.2, 0) is 9.53 Å². The fourth-order valence-electron chi connectivity index (χ4n) is 2.32. The summed E-state index contributed by atoms with van der Waals surface area (Å²) in [5.74, 6) is 0.199. The average Bonchev–Trinajstić information content (AvgIpc) is 2.51. The van der Waals surface area contributed by atoms with Gasteiger partial charge in [-0.2, -0.15) is 0 Å². The molecule has 1 heterocycles. The maximum absolute atomic E-state index is 12.1. The van der Waals surface area contributed by atoms with E-state index in [9.17, 15) is 9.59 Å². The highest BCUT2D eigenvalue weighted by atomic mass is 79.9. The molecule has 0 aromatic heterocycles. The van der Waals surface area contributed by atoms with E-state index in [0.717, 1.165) is 10.0 Å². The SMILES string of the molecule is COC(=O)C1=C(C)N(C)C(=O)N[C@H]1c1ccc(OC)c(Br)c1. The van der Waals surface area contributed by atoms with Crippen molar-refractivity contribution in [1.82, 2.24) is 10.2 Å². The van der Waals surface area contributed by atoms with Gasteiger partial charge in [-0.05, 0) is 40.5 Å². The third kappa shape index (κ3) is 2.81. The minimum absolute atomic E-state index is 0.276. The lowest BCUT2D eigenvalue weighted by Crippen LogP contribution is -2.46. The maximum Gasteiger partial charge on any atom is 0.337 e. The minimum Gasteiger partial charge on any atom is -0.496 e. The van der Waals surface area contributed by atoms with Crippen LogP contribution in [0.5, 0.6) is 5.75 Å². The summed E-state index contributed by atoms with van der Waals surface area (Å²) in [4.78, 5) is 25.6. The molecular weight excluding hydrogens is 352 g/mol. The van der Waals surface area contributed by atoms with Crippen molar-refractivity contribution in [2.45, 2.75) is 13.0 Å². The minimum atomic E-state index is -0.571. The molecular formula is C15H17BrN2O4. The molecule has 1 aromatic rings. The zero-order valence-corrected chi connectivity index (χ0v) is 14.4. The molecule has 22 heavy (non-hydrogen) atoms. The molecule has 1 N–H and O–H groups in total. The summed E-state index contributed by atoms with van der Waals surface area (Å²) in [6.45, 7) is 1.72. The number of urea groups is 1. The first kappa shape index (κ1) is 16.4. The number of hydrogen-bond donors (Lipinski definition) is 1. The number of hydrogen-bond acceptors (Lipinski definition) is 4. The quantitative estimate of drug-likeness (QED) is 0.832. The summed E-state index contributed by atoms with van der Waals surface area (Å²) in [6.07, 6.45) is 0. The third-order valence-corrected chi connectivity index (χ3v) is 4.29. The van der Waals surface area contributed by atoms with Gasteiger partial charge in [0.25, 0.3) is 0 Å². The van der Waals surface area contributed by atoms with Crippen molar-refractivity contribution < 1.29 is 19.1 Å². The van der Waals surface area contributed by atoms with Crippen LogP contribution in [-0.4, -0.2) is 38.2 Å². The number of nitrogens with zero attached hydrogens (tertiary/aromatic N) is 1. The summed E-state index contributed by atoms with van der Waals surface area (Å²) >= 11 is 3.41. The van der Waals surface area contributed by atoms with E-state index in [2.05, 4.69) is 21.2 Å². The van der Waals surface area contributed by atoms with E-state index < -0.39 is 12.0 Å². The smallest absolute Gasteiger partial charge is 0.337 e. The molecule has 2 rings (SSSR count). The third-order valence-electron chi connectivity index (χ3n) is 3.67. The van der Waals surface area contributed by atoms with Crippen molar-refractivity contribution in [2.24, 2.45) is 0 Å². The number of benzene rings is 1. The summed E-state index contributed by atoms with van der Waals surface area (Å²) in [5.41, 5.74) is 1.73. The normalized spacial score (nSPS) is 18.1. The van der Waals surface area contributed by atoms with Crippen molar-refractivity contribution in [3.63, 3.8) is 0 Å². The summed E-state index contributed by atoms with van der Waals surface area (Å²) in [6, 6.07) is 4.54. The molecule has 0 bridgehead atoms. The van der Waals surface area contributed by atoms with Crippen molar-refractivity contribution in [3.05, 3.63) is 39.5 Å². The van der Waals surface area contributed by atoms with E-state index in [-0.39, 0.29) is 6.03 Å². The first-order valence-corrected chi connectivity index (χ1v) is 7.36. The molecule has 0 fully saturated rings. The number of carbonyl (C=O) groups excluding carboxylic acids is 2. The highest BCUT2D eigenvalue weighted by molar-refractivity contribution is 9.10. The topological polar surface area (TPSA) is 67.9 Å². The Hall–Kier alpha value is -2.02. The van der Waals surface area contributed by atoms with E-state index in [0.29, 0.717) is 17.0 Å². The monoisotopic (exact) mass is 368 g/mol. The predicted octanol–water partition coefficient (Wildman–Crippen LogP) is 2.60. The van der Waals surface area contributed by atoms with E-state index >= 15 is 0 Å². The molecule has 118 valence electrons. The Labute approximate surface area is 137 Å². The number of allylic oxidation sites excluding steroid dienone is 1. The second-order valence-corrected chi connectivity index (χ2v) is 5.68. The van der Waals surface area contributed by atoms with Crippen molar-refractivity contribution in [1.29, 1.82) is 0 Å². The van der Waals surface area contributed by atoms with Gasteiger partial charge in [-0.25, -0.2) is 9.59 Å². The van der Waals surface area contributed by atoms with Crippen LogP contribution in [0.3, 0.4) is 0 Å². The number of halogens is 1. The predicted molar refractivity (Wildman–Crippen MR) is 84.4 cm³/mol. The van der Waals surface area contributed by atoms with Gasteiger partial charge in [-0.1, -0.05) is 6.07 Å². The lowest BCUT2D eigenvalue weighted by atomic mass is 9.95. The molecule has 0 saturated carbocycles. The summed E-state index contributed by atoms with van der Waals surface area (Å²) < 4.78 is 10.8. The van der Waals surface area contributed by atoms with Gasteiger partial charge in [0.15, 0.2) is 0 Å². The van der Waals surface area contributed by atoms with Crippen LogP contribution in [0.1, 0.15) is 18.5 Å². The number of esters is 1. The Bertz CT molecular complexity index is 657. The van der Waals surface area contributed by atoms with Crippen LogP contribution in [0, 0.1) is 0 Å². The van der Waals surface area contributed by atoms with Gasteiger partial charge in [0.2, 0.25) is 0 Å². The van der Waals surface area contributed by atoms with Crippen LogP contribution in [0.15, 0.2) is 33.9 Å². The van der Waals surface area contributed by atoms with Crippen LogP contribution < -0.4 is 10.1 Å². The fourth-order valence-corrected chi connectivity index (χ4v) is 2.88. The lowest BCUT2D eigenvalue weighted by molar-refractivity contribution is -0.136. The first-order chi connectivity index (χ1) is 10.4. The molecule has 1 atom stereocenters. The molecule has 0 radical (unpaired) electrons. The van der Waals surface area contributed by atoms with E-state index in [1.165, 1.54) is 12.0 Å². The first-order valence-electron chi connectivity index (χ1n) is 6.57. The molecule has 6 nitrogen and oxygen atoms in total. The Morgan fingerprint density at radius 3 is 2.59 bits per heavy atom. The standard InChI is InChI=1S/C15H17BrN2O4/c1-8-12(14(19)22-4)13(17-15(20)18(8)2)9-5-6-11(21-3)10(16)7-9/h5-7,13H,1-4H3,(H,17,20)/t13-/m0/s1. The van der Waals surface area contributed by atoms with E-state index in [4.69, 9.17) is 9.47 Å². The van der Waals surface area contributed by atoms with Gasteiger partial charge in [0.1, 0.15) is 5.75 Å². The number of amides is 2. The zero-order valence-electron chi connectivity index (χ0n) is 12.8. The molecule has 2 amide bonds. The summed E-state index contributed by atoms with van der Waals surface area (Å²) in [7, 11) is 4.49. The molecule has 7 heteroatoms. The molecule has 1 aromatic carbocycles. The van der Waals surface area contributed by atoms with E-state index in [1.54, 1.807) is 33.2 Å². The number of ether oxygens (including phenoxy) is 2. The van der Waals surface area contributed by atoms with Crippen LogP contribution in [0.2, 0.25) is 0 Å². The average molecular weight is 369 g/mol. The highest BCUT2D eigenvalue weighted by Crippen LogP contribution is 2.34. The second kappa shape index (κ2) is 6.39. The Morgan fingerprint density at radius 1 is 1.36 bits per heavy atom. The van der Waals surface area contributed by atoms with Gasteiger partial charge in [-0.15, -0.1) is 0 Å². The highest BCUT2D eigenvalue weighted by Gasteiger charge is 2.34.